The third-order valence-electron chi connectivity index (χ3n) is 3.26. The number of nitrogens with one attached hydrogen (secondary N) is 2. The fraction of sp³-hybridized carbons (Fsp3) is 0.538. The van der Waals surface area contributed by atoms with Crippen LogP contribution in [0.3, 0.4) is 0 Å². The molecule has 9 heteroatoms. The topological polar surface area (TPSA) is 61.4 Å². The summed E-state index contributed by atoms with van der Waals surface area (Å²) >= 11 is 5.81. The normalized spacial score (nSPS) is 15.7. The lowest BCUT2D eigenvalue weighted by Gasteiger charge is -2.27. The summed E-state index contributed by atoms with van der Waals surface area (Å²) in [6, 6.07) is 6.30. The Kier molecular flexibility index (Phi) is 10.6. The molecule has 0 spiro atoms. The Morgan fingerprint density at radius 2 is 1.91 bits per heavy atom. The van der Waals surface area contributed by atoms with E-state index in [1.54, 1.807) is 18.2 Å². The van der Waals surface area contributed by atoms with E-state index in [9.17, 15) is 8.42 Å². The zero-order chi connectivity index (χ0) is 14.4. The minimum atomic E-state index is -3.45. The Hall–Kier alpha value is -0.0800. The molecular formula is C13H22Cl3N3O2S. The first-order valence-electron chi connectivity index (χ1n) is 6.76. The molecule has 0 atom stereocenters. The smallest absolute Gasteiger partial charge is 0.240 e. The second-order valence-electron chi connectivity index (χ2n) is 4.80. The largest absolute Gasteiger partial charge is 0.314 e. The van der Waals surface area contributed by atoms with E-state index in [2.05, 4.69) is 14.9 Å². The molecule has 22 heavy (non-hydrogen) atoms. The minimum absolute atomic E-state index is 0. The van der Waals surface area contributed by atoms with Gasteiger partial charge in [0.2, 0.25) is 10.0 Å². The average molecular weight is 391 g/mol. The molecule has 0 aliphatic carbocycles. The van der Waals surface area contributed by atoms with Crippen LogP contribution in [0.5, 0.6) is 0 Å². The van der Waals surface area contributed by atoms with Crippen LogP contribution in [-0.2, 0) is 10.0 Å². The van der Waals surface area contributed by atoms with Gasteiger partial charge in [0.1, 0.15) is 0 Å². The fourth-order valence-corrected chi connectivity index (χ4v) is 3.54. The maximum absolute atomic E-state index is 12.0. The standard InChI is InChI=1S/C13H20ClN3O2S.2ClH/c14-12-3-1-4-13(11-12)20(18,19)16-5-2-8-17-9-6-15-7-10-17;;/h1,3-4,11,15-16H,2,5-10H2;2*1H. The molecule has 0 saturated carbocycles. The summed E-state index contributed by atoms with van der Waals surface area (Å²) < 4.78 is 26.7. The number of rotatable bonds is 6. The molecule has 128 valence electrons. The van der Waals surface area contributed by atoms with Crippen molar-refractivity contribution in [3.8, 4) is 0 Å². The molecular weight excluding hydrogens is 369 g/mol. The van der Waals surface area contributed by atoms with E-state index in [1.165, 1.54) is 6.07 Å². The highest BCUT2D eigenvalue weighted by Gasteiger charge is 2.14. The van der Waals surface area contributed by atoms with Gasteiger partial charge in [-0.3, -0.25) is 0 Å². The quantitative estimate of drug-likeness (QED) is 0.727. The van der Waals surface area contributed by atoms with Gasteiger partial charge in [0.25, 0.3) is 0 Å². The van der Waals surface area contributed by atoms with Gasteiger partial charge in [0.15, 0.2) is 0 Å². The molecule has 1 aliphatic heterocycles. The monoisotopic (exact) mass is 389 g/mol. The highest BCUT2D eigenvalue weighted by molar-refractivity contribution is 7.89. The first-order chi connectivity index (χ1) is 9.58. The first kappa shape index (κ1) is 21.9. The van der Waals surface area contributed by atoms with Gasteiger partial charge < -0.3 is 10.2 Å². The third kappa shape index (κ3) is 7.00. The minimum Gasteiger partial charge on any atom is -0.314 e. The number of hydrogen-bond donors (Lipinski definition) is 2. The second kappa shape index (κ2) is 10.6. The van der Waals surface area contributed by atoms with E-state index in [0.717, 1.165) is 39.1 Å². The van der Waals surface area contributed by atoms with E-state index < -0.39 is 10.0 Å². The molecule has 1 heterocycles. The number of benzene rings is 1. The first-order valence-corrected chi connectivity index (χ1v) is 8.62. The summed E-state index contributed by atoms with van der Waals surface area (Å²) in [5, 5.41) is 3.72. The van der Waals surface area contributed by atoms with Gasteiger partial charge in [-0.15, -0.1) is 24.8 Å². The van der Waals surface area contributed by atoms with Gasteiger partial charge in [0, 0.05) is 37.7 Å². The SMILES string of the molecule is Cl.Cl.O=S(=O)(NCCCN1CCNCC1)c1cccc(Cl)c1. The molecule has 1 aliphatic rings. The van der Waals surface area contributed by atoms with Crippen molar-refractivity contribution in [2.75, 3.05) is 39.3 Å². The summed E-state index contributed by atoms with van der Waals surface area (Å²) in [4.78, 5) is 2.55. The lowest BCUT2D eigenvalue weighted by molar-refractivity contribution is 0.239. The lowest BCUT2D eigenvalue weighted by atomic mass is 10.3. The van der Waals surface area contributed by atoms with Gasteiger partial charge in [0.05, 0.1) is 4.90 Å². The molecule has 0 radical (unpaired) electrons. The average Bonchev–Trinajstić information content (AvgIpc) is 2.45. The van der Waals surface area contributed by atoms with Crippen LogP contribution in [0, 0.1) is 0 Å². The second-order valence-corrected chi connectivity index (χ2v) is 7.00. The van der Waals surface area contributed by atoms with Crippen LogP contribution >= 0.6 is 36.4 Å². The molecule has 1 saturated heterocycles. The molecule has 2 N–H and O–H groups in total. The summed E-state index contributed by atoms with van der Waals surface area (Å²) in [5.41, 5.74) is 0. The van der Waals surface area contributed by atoms with E-state index >= 15 is 0 Å². The highest BCUT2D eigenvalue weighted by Crippen LogP contribution is 2.15. The Morgan fingerprint density at radius 3 is 2.55 bits per heavy atom. The zero-order valence-electron chi connectivity index (χ0n) is 12.1. The molecule has 0 unspecified atom stereocenters. The van der Waals surface area contributed by atoms with Crippen LogP contribution < -0.4 is 10.0 Å². The van der Waals surface area contributed by atoms with Gasteiger partial charge in [-0.2, -0.15) is 0 Å². The van der Waals surface area contributed by atoms with Gasteiger partial charge in [-0.1, -0.05) is 17.7 Å². The Morgan fingerprint density at radius 1 is 1.23 bits per heavy atom. The summed E-state index contributed by atoms with van der Waals surface area (Å²) in [6.45, 7) is 5.43. The van der Waals surface area contributed by atoms with E-state index in [1.807, 2.05) is 0 Å². The van der Waals surface area contributed by atoms with Crippen molar-refractivity contribution in [3.63, 3.8) is 0 Å². The fourth-order valence-electron chi connectivity index (χ4n) is 2.16. The van der Waals surface area contributed by atoms with Gasteiger partial charge >= 0.3 is 0 Å². The van der Waals surface area contributed by atoms with E-state index in [0.29, 0.717) is 11.6 Å². The number of nitrogens with zero attached hydrogens (tertiary/aromatic N) is 1. The molecule has 0 bridgehead atoms. The van der Waals surface area contributed by atoms with Crippen LogP contribution in [0.2, 0.25) is 5.02 Å². The number of halogens is 3. The molecule has 1 aromatic carbocycles. The number of hydrogen-bond acceptors (Lipinski definition) is 4. The van der Waals surface area contributed by atoms with Crippen molar-refractivity contribution >= 4 is 46.4 Å². The molecule has 0 aromatic heterocycles. The highest BCUT2D eigenvalue weighted by atomic mass is 35.5. The lowest BCUT2D eigenvalue weighted by Crippen LogP contribution is -2.44. The van der Waals surface area contributed by atoms with E-state index in [4.69, 9.17) is 11.6 Å². The zero-order valence-corrected chi connectivity index (χ0v) is 15.3. The van der Waals surface area contributed by atoms with Crippen molar-refractivity contribution in [2.24, 2.45) is 0 Å². The third-order valence-corrected chi connectivity index (χ3v) is 4.95. The molecule has 0 amide bonds. The van der Waals surface area contributed by atoms with Crippen LogP contribution in [0.4, 0.5) is 0 Å². The van der Waals surface area contributed by atoms with E-state index in [-0.39, 0.29) is 29.7 Å². The van der Waals surface area contributed by atoms with Crippen molar-refractivity contribution in [1.82, 2.24) is 14.9 Å². The summed E-state index contributed by atoms with van der Waals surface area (Å²) in [7, 11) is -3.45. The van der Waals surface area contributed by atoms with Crippen molar-refractivity contribution < 1.29 is 8.42 Å². The number of piperazine rings is 1. The number of sulfonamides is 1. The Labute approximate surface area is 149 Å². The van der Waals surface area contributed by atoms with Crippen molar-refractivity contribution in [3.05, 3.63) is 29.3 Å². The Bertz CT molecular complexity index is 537. The summed E-state index contributed by atoms with van der Waals surface area (Å²) in [5.74, 6) is 0. The van der Waals surface area contributed by atoms with Crippen molar-refractivity contribution in [1.29, 1.82) is 0 Å². The van der Waals surface area contributed by atoms with Crippen LogP contribution in [0.25, 0.3) is 0 Å². The van der Waals surface area contributed by atoms with Crippen LogP contribution in [0.1, 0.15) is 6.42 Å². The van der Waals surface area contributed by atoms with Gasteiger partial charge in [-0.25, -0.2) is 13.1 Å². The molecule has 2 rings (SSSR count). The molecule has 1 fully saturated rings. The molecule has 5 nitrogen and oxygen atoms in total. The van der Waals surface area contributed by atoms with Gasteiger partial charge in [-0.05, 0) is 31.2 Å². The predicted octanol–water partition coefficient (Wildman–Crippen LogP) is 1.76. The maximum Gasteiger partial charge on any atom is 0.240 e. The maximum atomic E-state index is 12.0. The van der Waals surface area contributed by atoms with Crippen LogP contribution in [-0.4, -0.2) is 52.6 Å². The molecule has 1 aromatic rings. The van der Waals surface area contributed by atoms with Crippen LogP contribution in [0.15, 0.2) is 29.2 Å². The Balaban J connectivity index is 0.00000220. The summed E-state index contributed by atoms with van der Waals surface area (Å²) in [6.07, 6.45) is 0.805. The predicted molar refractivity (Wildman–Crippen MR) is 95.1 cm³/mol. The van der Waals surface area contributed by atoms with Crippen molar-refractivity contribution in [2.45, 2.75) is 11.3 Å².